The molecule has 106 valence electrons. The molecule has 0 spiro atoms. The minimum atomic E-state index is -0.473. The van der Waals surface area contributed by atoms with Gasteiger partial charge in [0.1, 0.15) is 18.4 Å². The molecule has 0 saturated carbocycles. The van der Waals surface area contributed by atoms with E-state index < -0.39 is 11.9 Å². The zero-order valence-corrected chi connectivity index (χ0v) is 12.4. The van der Waals surface area contributed by atoms with Crippen molar-refractivity contribution in [2.75, 3.05) is 6.61 Å². The Morgan fingerprint density at radius 1 is 1.26 bits per heavy atom. The van der Waals surface area contributed by atoms with Crippen LogP contribution >= 0.6 is 0 Å². The number of amides is 1. The summed E-state index contributed by atoms with van der Waals surface area (Å²) in [5.41, 5.74) is 8.72. The molecule has 0 fully saturated rings. The van der Waals surface area contributed by atoms with Gasteiger partial charge in [0.15, 0.2) is 0 Å². The van der Waals surface area contributed by atoms with Gasteiger partial charge in [0.05, 0.1) is 0 Å². The van der Waals surface area contributed by atoms with Gasteiger partial charge in [0.2, 0.25) is 5.91 Å². The van der Waals surface area contributed by atoms with Crippen LogP contribution in [0.5, 0.6) is 5.75 Å². The van der Waals surface area contributed by atoms with Gasteiger partial charge in [-0.2, -0.15) is 0 Å². The first kappa shape index (κ1) is 15.5. The third kappa shape index (κ3) is 4.24. The summed E-state index contributed by atoms with van der Waals surface area (Å²) in [7, 11) is 0. The zero-order chi connectivity index (χ0) is 14.6. The molecule has 0 heterocycles. The molecule has 1 amide bonds. The molecule has 0 radical (unpaired) electrons. The van der Waals surface area contributed by atoms with Crippen LogP contribution in [0, 0.1) is 20.8 Å². The summed E-state index contributed by atoms with van der Waals surface area (Å²) in [6, 6.07) is 3.79. The Hall–Kier alpha value is -1.55. The highest BCUT2D eigenvalue weighted by Crippen LogP contribution is 2.25. The standard InChI is InChI=1S/C15H24N2O2/c1-9(2)17-13(15(16)18)8-19-14-11(4)7-6-10(3)12(14)5/h6-7,9,13,17H,8H2,1-5H3,(H2,16,18). The maximum atomic E-state index is 11.4. The van der Waals surface area contributed by atoms with Gasteiger partial charge in [-0.1, -0.05) is 26.0 Å². The lowest BCUT2D eigenvalue weighted by Gasteiger charge is -2.20. The van der Waals surface area contributed by atoms with Crippen LogP contribution in [0.4, 0.5) is 0 Å². The smallest absolute Gasteiger partial charge is 0.238 e. The summed E-state index contributed by atoms with van der Waals surface area (Å²) < 4.78 is 5.81. The fourth-order valence-electron chi connectivity index (χ4n) is 1.93. The summed E-state index contributed by atoms with van der Waals surface area (Å²) in [5.74, 6) is 0.452. The number of ether oxygens (including phenoxy) is 1. The van der Waals surface area contributed by atoms with Crippen LogP contribution in [0.25, 0.3) is 0 Å². The minimum absolute atomic E-state index is 0.181. The number of nitrogens with one attached hydrogen (secondary N) is 1. The third-order valence-corrected chi connectivity index (χ3v) is 3.15. The number of primary amides is 1. The predicted octanol–water partition coefficient (Wildman–Crippen LogP) is 1.84. The van der Waals surface area contributed by atoms with E-state index in [0.29, 0.717) is 0 Å². The van der Waals surface area contributed by atoms with E-state index in [-0.39, 0.29) is 12.6 Å². The molecule has 0 aliphatic heterocycles. The van der Waals surface area contributed by atoms with Crippen LogP contribution in [-0.4, -0.2) is 24.6 Å². The first-order chi connectivity index (χ1) is 8.82. The summed E-state index contributed by atoms with van der Waals surface area (Å²) >= 11 is 0. The van der Waals surface area contributed by atoms with Crippen LogP contribution in [0.2, 0.25) is 0 Å². The molecule has 1 aromatic carbocycles. The molecule has 0 aliphatic carbocycles. The van der Waals surface area contributed by atoms with E-state index in [1.165, 1.54) is 5.56 Å². The molecule has 3 N–H and O–H groups in total. The van der Waals surface area contributed by atoms with Gasteiger partial charge >= 0.3 is 0 Å². The number of hydrogen-bond donors (Lipinski definition) is 2. The largest absolute Gasteiger partial charge is 0.491 e. The maximum absolute atomic E-state index is 11.4. The molecular weight excluding hydrogens is 240 g/mol. The Kier molecular flexibility index (Phi) is 5.36. The molecule has 0 bridgehead atoms. The number of hydrogen-bond acceptors (Lipinski definition) is 3. The normalized spacial score (nSPS) is 12.5. The number of rotatable bonds is 6. The van der Waals surface area contributed by atoms with E-state index in [1.54, 1.807) is 0 Å². The minimum Gasteiger partial charge on any atom is -0.491 e. The highest BCUT2D eigenvalue weighted by molar-refractivity contribution is 5.80. The highest BCUT2D eigenvalue weighted by Gasteiger charge is 2.18. The van der Waals surface area contributed by atoms with E-state index in [0.717, 1.165) is 16.9 Å². The van der Waals surface area contributed by atoms with Gasteiger partial charge in [-0.05, 0) is 37.5 Å². The van der Waals surface area contributed by atoms with Crippen LogP contribution in [0.1, 0.15) is 30.5 Å². The Balaban J connectivity index is 2.80. The van der Waals surface area contributed by atoms with Crippen molar-refractivity contribution in [1.29, 1.82) is 0 Å². The Labute approximate surface area is 115 Å². The second kappa shape index (κ2) is 6.57. The fraction of sp³-hybridized carbons (Fsp3) is 0.533. The highest BCUT2D eigenvalue weighted by atomic mass is 16.5. The average Bonchev–Trinajstić information content (AvgIpc) is 2.32. The molecule has 1 rings (SSSR count). The summed E-state index contributed by atoms with van der Waals surface area (Å²) in [5, 5.41) is 3.10. The summed E-state index contributed by atoms with van der Waals surface area (Å²) in [6.45, 7) is 10.3. The maximum Gasteiger partial charge on any atom is 0.238 e. The Morgan fingerprint density at radius 2 is 1.84 bits per heavy atom. The molecule has 1 atom stereocenters. The molecule has 1 aromatic rings. The molecule has 19 heavy (non-hydrogen) atoms. The average molecular weight is 264 g/mol. The van der Waals surface area contributed by atoms with E-state index in [9.17, 15) is 4.79 Å². The van der Waals surface area contributed by atoms with Gasteiger partial charge in [-0.15, -0.1) is 0 Å². The van der Waals surface area contributed by atoms with Crippen LogP contribution < -0.4 is 15.8 Å². The summed E-state index contributed by atoms with van der Waals surface area (Å²) in [4.78, 5) is 11.4. The lowest BCUT2D eigenvalue weighted by atomic mass is 10.1. The van der Waals surface area contributed by atoms with Crippen molar-refractivity contribution in [2.24, 2.45) is 5.73 Å². The quantitative estimate of drug-likeness (QED) is 0.824. The second-order valence-corrected chi connectivity index (χ2v) is 5.24. The zero-order valence-electron chi connectivity index (χ0n) is 12.4. The monoisotopic (exact) mass is 264 g/mol. The number of aryl methyl sites for hydroxylation is 2. The van der Waals surface area contributed by atoms with E-state index in [2.05, 4.69) is 11.4 Å². The predicted molar refractivity (Wildman–Crippen MR) is 77.4 cm³/mol. The first-order valence-corrected chi connectivity index (χ1v) is 6.58. The van der Waals surface area contributed by atoms with Crippen LogP contribution in [-0.2, 0) is 4.79 Å². The van der Waals surface area contributed by atoms with Gasteiger partial charge in [0, 0.05) is 6.04 Å². The second-order valence-electron chi connectivity index (χ2n) is 5.24. The number of carbonyl (C=O) groups is 1. The van der Waals surface area contributed by atoms with Gasteiger partial charge in [0.25, 0.3) is 0 Å². The Morgan fingerprint density at radius 3 is 2.37 bits per heavy atom. The molecule has 0 aliphatic rings. The third-order valence-electron chi connectivity index (χ3n) is 3.15. The molecule has 4 nitrogen and oxygen atoms in total. The van der Waals surface area contributed by atoms with Crippen LogP contribution in [0.3, 0.4) is 0 Å². The van der Waals surface area contributed by atoms with Crippen molar-refractivity contribution in [3.63, 3.8) is 0 Å². The van der Waals surface area contributed by atoms with Crippen molar-refractivity contribution in [2.45, 2.75) is 46.7 Å². The van der Waals surface area contributed by atoms with Crippen molar-refractivity contribution in [3.05, 3.63) is 28.8 Å². The topological polar surface area (TPSA) is 64.3 Å². The van der Waals surface area contributed by atoms with Gasteiger partial charge < -0.3 is 15.8 Å². The lowest BCUT2D eigenvalue weighted by Crippen LogP contribution is -2.48. The van der Waals surface area contributed by atoms with E-state index in [1.807, 2.05) is 40.7 Å². The number of carbonyl (C=O) groups excluding carboxylic acids is 1. The fourth-order valence-corrected chi connectivity index (χ4v) is 1.93. The van der Waals surface area contributed by atoms with Gasteiger partial charge in [-0.3, -0.25) is 4.79 Å². The van der Waals surface area contributed by atoms with Crippen molar-refractivity contribution < 1.29 is 9.53 Å². The molecule has 1 unspecified atom stereocenters. The molecular formula is C15H24N2O2. The van der Waals surface area contributed by atoms with Crippen molar-refractivity contribution in [3.8, 4) is 5.75 Å². The molecule has 0 aromatic heterocycles. The van der Waals surface area contributed by atoms with E-state index in [4.69, 9.17) is 10.5 Å². The summed E-state index contributed by atoms with van der Waals surface area (Å²) in [6.07, 6.45) is 0. The number of nitrogens with two attached hydrogens (primary N) is 1. The first-order valence-electron chi connectivity index (χ1n) is 6.58. The van der Waals surface area contributed by atoms with Crippen molar-refractivity contribution >= 4 is 5.91 Å². The Bertz CT molecular complexity index is 456. The number of benzene rings is 1. The van der Waals surface area contributed by atoms with Crippen molar-refractivity contribution in [1.82, 2.24) is 5.32 Å². The van der Waals surface area contributed by atoms with Crippen LogP contribution in [0.15, 0.2) is 12.1 Å². The molecule has 4 heteroatoms. The molecule has 0 saturated heterocycles. The lowest BCUT2D eigenvalue weighted by molar-refractivity contribution is -0.120. The van der Waals surface area contributed by atoms with E-state index >= 15 is 0 Å². The van der Waals surface area contributed by atoms with Gasteiger partial charge in [-0.25, -0.2) is 0 Å². The SMILES string of the molecule is Cc1ccc(C)c(OCC(NC(C)C)C(N)=O)c1C.